The van der Waals surface area contributed by atoms with Gasteiger partial charge in [0.15, 0.2) is 0 Å². The topological polar surface area (TPSA) is 158 Å². The molecule has 2 aromatic rings. The van der Waals surface area contributed by atoms with Crippen LogP contribution in [0.5, 0.6) is 0 Å². The minimum atomic E-state index is -0.367. The molecule has 1 aliphatic rings. The van der Waals surface area contributed by atoms with E-state index in [1.807, 2.05) is 0 Å². The molecular weight excluding hydrogens is 344 g/mol. The Morgan fingerprint density at radius 3 is 1.37 bits per heavy atom. The lowest BCUT2D eigenvalue weighted by molar-refractivity contribution is -0.122. The average Bonchev–Trinajstić information content (AvgIpc) is 3.43. The summed E-state index contributed by atoms with van der Waals surface area (Å²) in [5.41, 5.74) is 13.1. The summed E-state index contributed by atoms with van der Waals surface area (Å²) in [4.78, 5) is 24.6. The first-order chi connectivity index (χ1) is 12.8. The molecule has 2 atom stereocenters. The minimum absolute atomic E-state index is 0.0388. The predicted molar refractivity (Wildman–Crippen MR) is 104 cm³/mol. The van der Waals surface area contributed by atoms with Crippen molar-refractivity contribution >= 4 is 34.9 Å². The van der Waals surface area contributed by atoms with Crippen molar-refractivity contribution in [2.24, 2.45) is 23.3 Å². The summed E-state index contributed by atoms with van der Waals surface area (Å²) in [7, 11) is 0. The highest BCUT2D eigenvalue weighted by atomic mass is 16.2. The summed E-state index contributed by atoms with van der Waals surface area (Å²) in [6.07, 6.45) is 0.495. The maximum absolute atomic E-state index is 12.3. The van der Waals surface area contributed by atoms with E-state index in [1.165, 1.54) is 0 Å². The van der Waals surface area contributed by atoms with E-state index in [0.717, 1.165) is 0 Å². The molecule has 3 rings (SSSR count). The number of benzene rings is 2. The van der Waals surface area contributed by atoms with Crippen molar-refractivity contribution in [3.63, 3.8) is 0 Å². The Bertz CT molecular complexity index is 829. The molecule has 8 heteroatoms. The summed E-state index contributed by atoms with van der Waals surface area (Å²) in [6, 6.07) is 13.3. The number of rotatable bonds is 6. The highest BCUT2D eigenvalue weighted by Gasteiger charge is 2.48. The van der Waals surface area contributed by atoms with E-state index in [0.29, 0.717) is 28.9 Å². The van der Waals surface area contributed by atoms with Gasteiger partial charge in [0, 0.05) is 22.5 Å². The monoisotopic (exact) mass is 364 g/mol. The summed E-state index contributed by atoms with van der Waals surface area (Å²) in [5.74, 6) is -1.23. The molecule has 1 fully saturated rings. The number of amidine groups is 2. The van der Waals surface area contributed by atoms with Gasteiger partial charge >= 0.3 is 0 Å². The van der Waals surface area contributed by atoms with Crippen LogP contribution in [0.15, 0.2) is 48.5 Å². The molecule has 1 saturated carbocycles. The molecule has 0 spiro atoms. The molecule has 0 radical (unpaired) electrons. The van der Waals surface area contributed by atoms with Gasteiger partial charge in [-0.3, -0.25) is 20.4 Å². The molecule has 0 aromatic heterocycles. The van der Waals surface area contributed by atoms with Crippen molar-refractivity contribution < 1.29 is 9.59 Å². The lowest BCUT2D eigenvalue weighted by Crippen LogP contribution is -2.20. The predicted octanol–water partition coefficient (Wildman–Crippen LogP) is 1.47. The van der Waals surface area contributed by atoms with E-state index in [-0.39, 0.29) is 35.3 Å². The first-order valence-electron chi connectivity index (χ1n) is 8.36. The van der Waals surface area contributed by atoms with Crippen LogP contribution in [0.25, 0.3) is 0 Å². The first-order valence-corrected chi connectivity index (χ1v) is 8.36. The Morgan fingerprint density at radius 2 is 1.07 bits per heavy atom. The molecule has 138 valence electrons. The van der Waals surface area contributed by atoms with E-state index in [2.05, 4.69) is 10.6 Å². The third-order valence-corrected chi connectivity index (χ3v) is 4.39. The standard InChI is InChI=1S/C19H20N6O2/c20-16(21)10-1-5-12(6-2-10)24-18(26)14-9-15(14)19(27)25-13-7-3-11(4-8-13)17(22)23/h1-8,14-15H,9H2,(H3,20,21)(H3,22,23)(H,24,26)(H,25,27)/t14-,15?/m1/s1. The van der Waals surface area contributed by atoms with E-state index in [1.54, 1.807) is 48.5 Å². The number of hydrogen-bond donors (Lipinski definition) is 6. The number of nitrogen functional groups attached to an aromatic ring is 2. The van der Waals surface area contributed by atoms with E-state index >= 15 is 0 Å². The molecule has 1 unspecified atom stereocenters. The molecular formula is C19H20N6O2. The van der Waals surface area contributed by atoms with Crippen LogP contribution in [0, 0.1) is 22.7 Å². The van der Waals surface area contributed by atoms with Gasteiger partial charge in [-0.05, 0) is 55.0 Å². The van der Waals surface area contributed by atoms with Crippen LogP contribution >= 0.6 is 0 Å². The number of amides is 2. The zero-order valence-corrected chi connectivity index (χ0v) is 14.5. The molecule has 0 heterocycles. The Hall–Kier alpha value is -3.68. The van der Waals surface area contributed by atoms with Gasteiger partial charge in [0.05, 0.1) is 11.8 Å². The number of nitrogens with one attached hydrogen (secondary N) is 4. The first kappa shape index (κ1) is 18.1. The zero-order chi connectivity index (χ0) is 19.6. The summed E-state index contributed by atoms with van der Waals surface area (Å²) >= 11 is 0. The Balaban J connectivity index is 1.53. The van der Waals surface area contributed by atoms with Crippen molar-refractivity contribution in [2.45, 2.75) is 6.42 Å². The van der Waals surface area contributed by atoms with E-state index in [9.17, 15) is 9.59 Å². The van der Waals surface area contributed by atoms with E-state index < -0.39 is 0 Å². The van der Waals surface area contributed by atoms with Crippen LogP contribution in [0.3, 0.4) is 0 Å². The fraction of sp³-hybridized carbons (Fsp3) is 0.158. The van der Waals surface area contributed by atoms with E-state index in [4.69, 9.17) is 22.3 Å². The molecule has 8 nitrogen and oxygen atoms in total. The molecule has 2 amide bonds. The molecule has 0 bridgehead atoms. The fourth-order valence-corrected chi connectivity index (χ4v) is 2.71. The fourth-order valence-electron chi connectivity index (χ4n) is 2.71. The Morgan fingerprint density at radius 1 is 0.741 bits per heavy atom. The van der Waals surface area contributed by atoms with Gasteiger partial charge in [-0.25, -0.2) is 0 Å². The van der Waals surface area contributed by atoms with Gasteiger partial charge in [-0.15, -0.1) is 0 Å². The lowest BCUT2D eigenvalue weighted by atomic mass is 10.2. The van der Waals surface area contributed by atoms with Crippen LogP contribution in [-0.2, 0) is 9.59 Å². The third-order valence-electron chi connectivity index (χ3n) is 4.39. The Labute approximate surface area is 156 Å². The number of hydrogen-bond acceptors (Lipinski definition) is 4. The van der Waals surface area contributed by atoms with Gasteiger partial charge in [0.25, 0.3) is 0 Å². The number of carbonyl (C=O) groups is 2. The maximum atomic E-state index is 12.3. The normalized spacial score (nSPS) is 17.6. The van der Waals surface area contributed by atoms with Crippen molar-refractivity contribution in [2.75, 3.05) is 10.6 Å². The third kappa shape index (κ3) is 4.30. The van der Waals surface area contributed by atoms with Gasteiger partial charge in [0.2, 0.25) is 11.8 Å². The van der Waals surface area contributed by atoms with Crippen LogP contribution < -0.4 is 22.1 Å². The number of carbonyl (C=O) groups excluding carboxylic acids is 2. The second kappa shape index (κ2) is 7.28. The highest BCUT2D eigenvalue weighted by Crippen LogP contribution is 2.40. The van der Waals surface area contributed by atoms with Crippen LogP contribution in [0.2, 0.25) is 0 Å². The average molecular weight is 364 g/mol. The summed E-state index contributed by atoms with van der Waals surface area (Å²) in [5, 5.41) is 20.2. The van der Waals surface area contributed by atoms with Gasteiger partial charge in [-0.2, -0.15) is 0 Å². The minimum Gasteiger partial charge on any atom is -0.384 e. The summed E-state index contributed by atoms with van der Waals surface area (Å²) in [6.45, 7) is 0. The molecule has 0 aliphatic heterocycles. The highest BCUT2D eigenvalue weighted by molar-refractivity contribution is 6.04. The van der Waals surface area contributed by atoms with Crippen molar-refractivity contribution in [1.29, 1.82) is 10.8 Å². The molecule has 0 saturated heterocycles. The maximum Gasteiger partial charge on any atom is 0.228 e. The van der Waals surface area contributed by atoms with Crippen molar-refractivity contribution in [1.82, 2.24) is 0 Å². The molecule has 27 heavy (non-hydrogen) atoms. The van der Waals surface area contributed by atoms with Crippen LogP contribution in [0.1, 0.15) is 17.5 Å². The second-order valence-electron chi connectivity index (χ2n) is 6.41. The van der Waals surface area contributed by atoms with Crippen molar-refractivity contribution in [3.05, 3.63) is 59.7 Å². The van der Waals surface area contributed by atoms with Crippen LogP contribution in [0.4, 0.5) is 11.4 Å². The largest absolute Gasteiger partial charge is 0.384 e. The number of anilines is 2. The summed E-state index contributed by atoms with van der Waals surface area (Å²) < 4.78 is 0. The molecule has 8 N–H and O–H groups in total. The van der Waals surface area contributed by atoms with Crippen molar-refractivity contribution in [3.8, 4) is 0 Å². The lowest BCUT2D eigenvalue weighted by Gasteiger charge is -2.07. The number of nitrogens with two attached hydrogens (primary N) is 2. The van der Waals surface area contributed by atoms with Gasteiger partial charge in [-0.1, -0.05) is 0 Å². The molecule has 1 aliphatic carbocycles. The smallest absolute Gasteiger partial charge is 0.228 e. The second-order valence-corrected chi connectivity index (χ2v) is 6.41. The zero-order valence-electron chi connectivity index (χ0n) is 14.5. The quantitative estimate of drug-likeness (QED) is 0.339. The SMILES string of the molecule is N=C(N)c1ccc(NC(=O)C2C[C@H]2C(=O)Nc2ccc(C(=N)N)cc2)cc1. The van der Waals surface area contributed by atoms with Gasteiger partial charge in [0.1, 0.15) is 11.7 Å². The van der Waals surface area contributed by atoms with Gasteiger partial charge < -0.3 is 22.1 Å². The van der Waals surface area contributed by atoms with Crippen LogP contribution in [-0.4, -0.2) is 23.5 Å². The Kier molecular flexibility index (Phi) is 4.89. The molecule has 2 aromatic carbocycles.